The van der Waals surface area contributed by atoms with Crippen LogP contribution in [0.4, 0.5) is 0 Å². The largest absolute Gasteiger partial charge is 0.456 e. The van der Waals surface area contributed by atoms with Crippen LogP contribution in [0.5, 0.6) is 11.5 Å². The maximum Gasteiger partial charge on any atom is 0.340 e. The minimum atomic E-state index is -1.06. The van der Waals surface area contributed by atoms with E-state index in [0.717, 1.165) is 67.1 Å². The molecule has 0 amide bonds. The fraction of sp³-hybridized carbons (Fsp3) is 0.441. The molecule has 0 bridgehead atoms. The summed E-state index contributed by atoms with van der Waals surface area (Å²) in [6, 6.07) is 2.18. The fourth-order valence-electron chi connectivity index (χ4n) is 7.25. The zero-order valence-corrected chi connectivity index (χ0v) is 24.8. The molecule has 0 N–H and O–H groups in total. The number of carbonyl (C=O) groups excluding carboxylic acids is 1. The Labute approximate surface area is 222 Å². The van der Waals surface area contributed by atoms with E-state index in [1.54, 1.807) is 0 Å². The number of rotatable bonds is 0. The van der Waals surface area contributed by atoms with Crippen LogP contribution in [0.2, 0.25) is 0 Å². The third-order valence-electron chi connectivity index (χ3n) is 9.39. The van der Waals surface area contributed by atoms with Gasteiger partial charge in [-0.05, 0) is 136 Å². The van der Waals surface area contributed by atoms with Gasteiger partial charge in [0.15, 0.2) is 5.60 Å². The molecule has 3 aromatic rings. The summed E-state index contributed by atoms with van der Waals surface area (Å²) in [5, 5.41) is 0. The molecular weight excluding hydrogens is 456 g/mol. The van der Waals surface area contributed by atoms with Gasteiger partial charge in [0.05, 0.1) is 16.7 Å². The van der Waals surface area contributed by atoms with Gasteiger partial charge in [-0.3, -0.25) is 0 Å². The Morgan fingerprint density at radius 1 is 0.595 bits per heavy atom. The summed E-state index contributed by atoms with van der Waals surface area (Å²) < 4.78 is 13.7. The van der Waals surface area contributed by atoms with Gasteiger partial charge in [-0.1, -0.05) is 26.8 Å². The maximum absolute atomic E-state index is 13.9. The first kappa shape index (κ1) is 25.6. The molecule has 194 valence electrons. The lowest BCUT2D eigenvalue weighted by molar-refractivity contribution is 0.0217. The van der Waals surface area contributed by atoms with E-state index in [0.29, 0.717) is 5.56 Å². The van der Waals surface area contributed by atoms with Crippen molar-refractivity contribution in [2.45, 2.75) is 101 Å². The highest BCUT2D eigenvalue weighted by Gasteiger charge is 2.57. The number of fused-ring (bicyclic) bond motifs is 6. The summed E-state index contributed by atoms with van der Waals surface area (Å²) in [5.74, 6) is 1.41. The van der Waals surface area contributed by atoms with Crippen LogP contribution < -0.4 is 4.74 Å². The van der Waals surface area contributed by atoms with Crippen molar-refractivity contribution in [3.63, 3.8) is 0 Å². The minimum absolute atomic E-state index is 0.0620. The standard InChI is InChI=1S/C34H40O3/c1-15-14-16(2)30-28(17(15)3)34(27-21(7)19(5)18(4)20(6)25(27)32(35)37-34)29-23(9)22(8)26(33(11,12)13)24(10)31(29)36-30/h14H,1-13H3. The predicted octanol–water partition coefficient (Wildman–Crippen LogP) is 8.64. The lowest BCUT2D eigenvalue weighted by Gasteiger charge is -2.42. The van der Waals surface area contributed by atoms with Crippen molar-refractivity contribution in [3.05, 3.63) is 89.5 Å². The summed E-state index contributed by atoms with van der Waals surface area (Å²) in [5.41, 5.74) is 15.1. The average molecular weight is 497 g/mol. The van der Waals surface area contributed by atoms with Crippen LogP contribution in [0.15, 0.2) is 6.07 Å². The second kappa shape index (κ2) is 7.72. The molecule has 37 heavy (non-hydrogen) atoms. The molecule has 1 unspecified atom stereocenters. The van der Waals surface area contributed by atoms with Gasteiger partial charge in [0, 0.05) is 5.56 Å². The van der Waals surface area contributed by atoms with Crippen molar-refractivity contribution in [1.82, 2.24) is 0 Å². The number of benzene rings is 3. The second-order valence-corrected chi connectivity index (χ2v) is 12.5. The number of carbonyl (C=O) groups is 1. The maximum atomic E-state index is 13.9. The van der Waals surface area contributed by atoms with E-state index in [4.69, 9.17) is 9.47 Å². The highest BCUT2D eigenvalue weighted by atomic mass is 16.6. The van der Waals surface area contributed by atoms with Crippen LogP contribution in [0, 0.1) is 69.2 Å². The Balaban J connectivity index is 2.10. The third-order valence-corrected chi connectivity index (χ3v) is 9.39. The number of aryl methyl sites for hydroxylation is 2. The van der Waals surface area contributed by atoms with Gasteiger partial charge in [-0.25, -0.2) is 4.79 Å². The molecule has 3 nitrogen and oxygen atoms in total. The molecule has 1 atom stereocenters. The zero-order valence-electron chi connectivity index (χ0n) is 24.8. The van der Waals surface area contributed by atoms with E-state index in [2.05, 4.69) is 96.1 Å². The second-order valence-electron chi connectivity index (χ2n) is 12.5. The van der Waals surface area contributed by atoms with Gasteiger partial charge in [0.2, 0.25) is 0 Å². The summed E-state index contributed by atoms with van der Waals surface area (Å²) in [6.45, 7) is 28.1. The van der Waals surface area contributed by atoms with E-state index < -0.39 is 5.60 Å². The van der Waals surface area contributed by atoms with Crippen LogP contribution in [-0.2, 0) is 15.8 Å². The molecule has 0 aromatic heterocycles. The molecule has 2 aliphatic rings. The van der Waals surface area contributed by atoms with E-state index in [1.807, 2.05) is 0 Å². The highest BCUT2D eigenvalue weighted by Crippen LogP contribution is 2.62. The molecule has 3 heteroatoms. The van der Waals surface area contributed by atoms with Crippen molar-refractivity contribution in [2.75, 3.05) is 0 Å². The van der Waals surface area contributed by atoms with Gasteiger partial charge in [0.1, 0.15) is 11.5 Å². The quantitative estimate of drug-likeness (QED) is 0.292. The smallest absolute Gasteiger partial charge is 0.340 e. The van der Waals surface area contributed by atoms with Crippen molar-refractivity contribution < 1.29 is 14.3 Å². The van der Waals surface area contributed by atoms with Gasteiger partial charge in [-0.2, -0.15) is 0 Å². The molecule has 0 saturated carbocycles. The fourth-order valence-corrected chi connectivity index (χ4v) is 7.25. The molecule has 0 saturated heterocycles. The van der Waals surface area contributed by atoms with Crippen molar-refractivity contribution in [1.29, 1.82) is 0 Å². The summed E-state index contributed by atoms with van der Waals surface area (Å²) in [4.78, 5) is 13.9. The van der Waals surface area contributed by atoms with E-state index in [1.165, 1.54) is 22.3 Å². The van der Waals surface area contributed by atoms with Crippen molar-refractivity contribution in [2.24, 2.45) is 0 Å². The van der Waals surface area contributed by atoms with E-state index >= 15 is 0 Å². The van der Waals surface area contributed by atoms with Crippen LogP contribution in [0.1, 0.15) is 109 Å². The van der Waals surface area contributed by atoms with E-state index in [9.17, 15) is 4.79 Å². The number of esters is 1. The van der Waals surface area contributed by atoms with Gasteiger partial charge in [-0.15, -0.1) is 0 Å². The Hall–Kier alpha value is -3.07. The monoisotopic (exact) mass is 496 g/mol. The molecule has 5 rings (SSSR count). The predicted molar refractivity (Wildman–Crippen MR) is 151 cm³/mol. The molecule has 0 radical (unpaired) electrons. The summed E-state index contributed by atoms with van der Waals surface area (Å²) >= 11 is 0. The normalized spacial score (nSPS) is 17.9. The lowest BCUT2D eigenvalue weighted by atomic mass is 9.68. The van der Waals surface area contributed by atoms with Gasteiger partial charge < -0.3 is 9.47 Å². The number of hydrogen-bond donors (Lipinski definition) is 0. The summed E-state index contributed by atoms with van der Waals surface area (Å²) in [6.07, 6.45) is 0. The Kier molecular flexibility index (Phi) is 5.34. The Bertz CT molecular complexity index is 1560. The van der Waals surface area contributed by atoms with Crippen molar-refractivity contribution >= 4 is 5.97 Å². The zero-order chi connectivity index (χ0) is 27.5. The Morgan fingerprint density at radius 2 is 1.14 bits per heavy atom. The van der Waals surface area contributed by atoms with Gasteiger partial charge in [0.25, 0.3) is 0 Å². The first-order valence-corrected chi connectivity index (χ1v) is 13.3. The lowest BCUT2D eigenvalue weighted by Crippen LogP contribution is -2.37. The molecule has 1 spiro atoms. The average Bonchev–Trinajstić information content (AvgIpc) is 3.09. The Morgan fingerprint density at radius 3 is 1.73 bits per heavy atom. The van der Waals surface area contributed by atoms with Gasteiger partial charge >= 0.3 is 5.97 Å². The molecule has 0 fully saturated rings. The molecule has 2 aliphatic heterocycles. The van der Waals surface area contributed by atoms with Crippen LogP contribution >= 0.6 is 0 Å². The van der Waals surface area contributed by atoms with Crippen LogP contribution in [0.3, 0.4) is 0 Å². The number of ether oxygens (including phenoxy) is 2. The topological polar surface area (TPSA) is 35.5 Å². The first-order chi connectivity index (χ1) is 17.1. The molecule has 0 aliphatic carbocycles. The van der Waals surface area contributed by atoms with E-state index in [-0.39, 0.29) is 11.4 Å². The van der Waals surface area contributed by atoms with Crippen molar-refractivity contribution in [3.8, 4) is 11.5 Å². The molecule has 2 heterocycles. The molecular formula is C34H40O3. The van der Waals surface area contributed by atoms with Crippen LogP contribution in [-0.4, -0.2) is 5.97 Å². The highest BCUT2D eigenvalue weighted by molar-refractivity contribution is 6.00. The number of hydrogen-bond acceptors (Lipinski definition) is 3. The SMILES string of the molecule is Cc1cc(C)c2c(c1C)C1(OC(=O)c3c(C)c(C)c(C)c(C)c31)c1c(C)c(C)c(C(C)(C)C)c(C)c1O2. The summed E-state index contributed by atoms with van der Waals surface area (Å²) in [7, 11) is 0. The minimum Gasteiger partial charge on any atom is -0.456 e. The third kappa shape index (κ3) is 3.03. The van der Waals surface area contributed by atoms with Crippen LogP contribution in [0.25, 0.3) is 0 Å². The first-order valence-electron chi connectivity index (χ1n) is 13.3. The molecule has 3 aromatic carbocycles.